The van der Waals surface area contributed by atoms with Crippen molar-refractivity contribution >= 4 is 11.6 Å². The highest BCUT2D eigenvalue weighted by molar-refractivity contribution is 5.93. The van der Waals surface area contributed by atoms with Crippen molar-refractivity contribution in [1.82, 2.24) is 24.4 Å². The summed E-state index contributed by atoms with van der Waals surface area (Å²) in [6.45, 7) is 2.95. The third-order valence-electron chi connectivity index (χ3n) is 5.99. The van der Waals surface area contributed by atoms with Gasteiger partial charge >= 0.3 is 6.18 Å². The topological polar surface area (TPSA) is 53.7 Å². The number of alkyl halides is 3. The van der Waals surface area contributed by atoms with Crippen molar-refractivity contribution in [3.63, 3.8) is 0 Å². The number of aromatic nitrogens is 3. The fourth-order valence-electron chi connectivity index (χ4n) is 4.16. The minimum atomic E-state index is -4.73. The zero-order valence-electron chi connectivity index (χ0n) is 18.5. The second-order valence-electron chi connectivity index (χ2n) is 8.38. The van der Waals surface area contributed by atoms with E-state index in [4.69, 9.17) is 0 Å². The molecule has 180 valence electrons. The summed E-state index contributed by atoms with van der Waals surface area (Å²) in [5.74, 6) is -0.946. The van der Waals surface area contributed by atoms with E-state index in [-0.39, 0.29) is 17.0 Å². The molecule has 0 aliphatic carbocycles. The van der Waals surface area contributed by atoms with E-state index in [1.807, 2.05) is 30.3 Å². The quantitative estimate of drug-likeness (QED) is 0.401. The van der Waals surface area contributed by atoms with E-state index in [1.54, 1.807) is 4.90 Å². The van der Waals surface area contributed by atoms with Gasteiger partial charge in [-0.15, -0.1) is 0 Å². The van der Waals surface area contributed by atoms with Crippen LogP contribution in [0.3, 0.4) is 0 Å². The fourth-order valence-corrected chi connectivity index (χ4v) is 4.16. The summed E-state index contributed by atoms with van der Waals surface area (Å²) in [6.07, 6.45) is -4.73. The number of nitrogens with zero attached hydrogens (tertiary/aromatic N) is 5. The van der Waals surface area contributed by atoms with Crippen LogP contribution >= 0.6 is 0 Å². The summed E-state index contributed by atoms with van der Waals surface area (Å²) in [7, 11) is 0. The molecule has 6 nitrogen and oxygen atoms in total. The third-order valence-corrected chi connectivity index (χ3v) is 5.99. The zero-order chi connectivity index (χ0) is 24.6. The molecule has 35 heavy (non-hydrogen) atoms. The van der Waals surface area contributed by atoms with E-state index in [0.717, 1.165) is 24.7 Å². The monoisotopic (exact) mass is 483 g/mol. The maximum Gasteiger partial charge on any atom is 0.433 e. The molecular weight excluding hydrogens is 462 g/mol. The number of carbonyl (C=O) groups excluding carboxylic acids is 1. The molecule has 0 atom stereocenters. The molecule has 1 aliphatic rings. The summed E-state index contributed by atoms with van der Waals surface area (Å²) in [6, 6.07) is 17.1. The first-order chi connectivity index (χ1) is 16.8. The van der Waals surface area contributed by atoms with Crippen LogP contribution < -0.4 is 0 Å². The Morgan fingerprint density at radius 3 is 2.26 bits per heavy atom. The molecule has 0 bridgehead atoms. The molecule has 3 heterocycles. The van der Waals surface area contributed by atoms with Crippen LogP contribution in [0.15, 0.2) is 66.7 Å². The molecule has 0 saturated carbocycles. The number of hydrogen-bond donors (Lipinski definition) is 0. The van der Waals surface area contributed by atoms with Crippen LogP contribution in [0.5, 0.6) is 0 Å². The maximum absolute atomic E-state index is 13.8. The van der Waals surface area contributed by atoms with Gasteiger partial charge in [-0.3, -0.25) is 9.69 Å². The minimum Gasteiger partial charge on any atom is -0.335 e. The molecule has 5 rings (SSSR count). The number of fused-ring (bicyclic) bond motifs is 1. The number of hydrogen-bond acceptors (Lipinski definition) is 4. The average Bonchev–Trinajstić information content (AvgIpc) is 3.28. The Hall–Kier alpha value is -3.79. The molecule has 2 aromatic carbocycles. The predicted molar refractivity (Wildman–Crippen MR) is 121 cm³/mol. The molecule has 0 spiro atoms. The van der Waals surface area contributed by atoms with Crippen molar-refractivity contribution in [2.24, 2.45) is 0 Å². The van der Waals surface area contributed by atoms with Gasteiger partial charge in [-0.05, 0) is 35.9 Å². The summed E-state index contributed by atoms with van der Waals surface area (Å²) >= 11 is 0. The summed E-state index contributed by atoms with van der Waals surface area (Å²) in [4.78, 5) is 21.1. The van der Waals surface area contributed by atoms with E-state index in [1.165, 1.54) is 23.8 Å². The van der Waals surface area contributed by atoms with Crippen LogP contribution in [-0.2, 0) is 12.7 Å². The molecule has 1 aliphatic heterocycles. The minimum absolute atomic E-state index is 0.0123. The SMILES string of the molecule is O=C(c1cc2nc(-c3ccc(F)cc3)cc(C(F)(F)F)n2n1)N1CCN(Cc2ccccc2)CC1. The number of benzene rings is 2. The van der Waals surface area contributed by atoms with Crippen LogP contribution in [0.2, 0.25) is 0 Å². The summed E-state index contributed by atoms with van der Waals surface area (Å²) in [5.41, 5.74) is 0.242. The Labute approximate surface area is 198 Å². The fraction of sp³-hybridized carbons (Fsp3) is 0.240. The van der Waals surface area contributed by atoms with Gasteiger partial charge in [-0.2, -0.15) is 18.3 Å². The van der Waals surface area contributed by atoms with Gasteiger partial charge < -0.3 is 4.90 Å². The predicted octanol–water partition coefficient (Wildman–Crippen LogP) is 4.51. The Balaban J connectivity index is 1.39. The molecule has 0 radical (unpaired) electrons. The maximum atomic E-state index is 13.8. The molecule has 0 unspecified atom stereocenters. The Kier molecular flexibility index (Phi) is 5.98. The number of piperazine rings is 1. The lowest BCUT2D eigenvalue weighted by molar-refractivity contribution is -0.142. The smallest absolute Gasteiger partial charge is 0.335 e. The van der Waals surface area contributed by atoms with E-state index in [0.29, 0.717) is 36.3 Å². The molecule has 2 aromatic heterocycles. The van der Waals surface area contributed by atoms with Crippen LogP contribution in [0.1, 0.15) is 21.7 Å². The largest absolute Gasteiger partial charge is 0.433 e. The number of rotatable bonds is 4. The third kappa shape index (κ3) is 4.88. The van der Waals surface area contributed by atoms with Crippen molar-refractivity contribution in [1.29, 1.82) is 0 Å². The number of carbonyl (C=O) groups is 1. The van der Waals surface area contributed by atoms with Crippen LogP contribution in [-0.4, -0.2) is 56.5 Å². The second kappa shape index (κ2) is 9.10. The molecule has 1 saturated heterocycles. The molecule has 1 amide bonds. The Morgan fingerprint density at radius 2 is 1.60 bits per heavy atom. The van der Waals surface area contributed by atoms with Gasteiger partial charge in [-0.25, -0.2) is 13.9 Å². The molecule has 1 fully saturated rings. The lowest BCUT2D eigenvalue weighted by Crippen LogP contribution is -2.48. The molecule has 4 aromatic rings. The standard InChI is InChI=1S/C25H21F4N5O/c26-19-8-6-18(7-9-19)20-14-22(25(27,28)29)34-23(30-20)15-21(31-34)24(35)33-12-10-32(11-13-33)16-17-4-2-1-3-5-17/h1-9,14-15H,10-13,16H2. The Morgan fingerprint density at radius 1 is 0.914 bits per heavy atom. The average molecular weight is 483 g/mol. The van der Waals surface area contributed by atoms with E-state index >= 15 is 0 Å². The van der Waals surface area contributed by atoms with Crippen molar-refractivity contribution < 1.29 is 22.4 Å². The first-order valence-corrected chi connectivity index (χ1v) is 11.1. The zero-order valence-corrected chi connectivity index (χ0v) is 18.5. The van der Waals surface area contributed by atoms with Gasteiger partial charge in [-0.1, -0.05) is 30.3 Å². The van der Waals surface area contributed by atoms with Crippen molar-refractivity contribution in [3.05, 3.63) is 89.5 Å². The second-order valence-corrected chi connectivity index (χ2v) is 8.38. The first-order valence-electron chi connectivity index (χ1n) is 11.1. The first kappa shape index (κ1) is 23.0. The van der Waals surface area contributed by atoms with E-state index in [2.05, 4.69) is 15.0 Å². The molecule has 0 N–H and O–H groups in total. The van der Waals surface area contributed by atoms with Gasteiger partial charge in [0.05, 0.1) is 5.69 Å². The highest BCUT2D eigenvalue weighted by atomic mass is 19.4. The highest BCUT2D eigenvalue weighted by Crippen LogP contribution is 2.32. The van der Waals surface area contributed by atoms with Gasteiger partial charge in [0.1, 0.15) is 5.82 Å². The van der Waals surface area contributed by atoms with Crippen molar-refractivity contribution in [3.8, 4) is 11.3 Å². The Bertz CT molecular complexity index is 1340. The van der Waals surface area contributed by atoms with Crippen molar-refractivity contribution in [2.45, 2.75) is 12.7 Å². The van der Waals surface area contributed by atoms with Gasteiger partial charge in [0.2, 0.25) is 0 Å². The summed E-state index contributed by atoms with van der Waals surface area (Å²) in [5, 5.41) is 3.96. The highest BCUT2D eigenvalue weighted by Gasteiger charge is 2.36. The molecular formula is C25H21F4N5O. The van der Waals surface area contributed by atoms with Crippen LogP contribution in [0.25, 0.3) is 16.9 Å². The lowest BCUT2D eigenvalue weighted by Gasteiger charge is -2.34. The van der Waals surface area contributed by atoms with Gasteiger partial charge in [0, 0.05) is 44.4 Å². The number of halogens is 4. The van der Waals surface area contributed by atoms with E-state index < -0.39 is 23.6 Å². The van der Waals surface area contributed by atoms with Gasteiger partial charge in [0.25, 0.3) is 5.91 Å². The normalized spacial score (nSPS) is 15.0. The number of amides is 1. The summed E-state index contributed by atoms with van der Waals surface area (Å²) < 4.78 is 55.4. The van der Waals surface area contributed by atoms with Crippen molar-refractivity contribution in [2.75, 3.05) is 26.2 Å². The van der Waals surface area contributed by atoms with E-state index in [9.17, 15) is 22.4 Å². The van der Waals surface area contributed by atoms with Crippen LogP contribution in [0, 0.1) is 5.82 Å². The lowest BCUT2D eigenvalue weighted by atomic mass is 10.1. The van der Waals surface area contributed by atoms with Crippen LogP contribution in [0.4, 0.5) is 17.6 Å². The molecule has 10 heteroatoms. The van der Waals surface area contributed by atoms with Gasteiger partial charge in [0.15, 0.2) is 17.0 Å².